The van der Waals surface area contributed by atoms with E-state index in [1.54, 1.807) is 49.4 Å². The summed E-state index contributed by atoms with van der Waals surface area (Å²) in [4.78, 5) is 16.6. The van der Waals surface area contributed by atoms with Crippen molar-refractivity contribution in [1.29, 1.82) is 0 Å². The fraction of sp³-hybridized carbons (Fsp3) is 0.0714. The lowest BCUT2D eigenvalue weighted by Crippen LogP contribution is -2.14. The van der Waals surface area contributed by atoms with E-state index in [4.69, 9.17) is 0 Å². The van der Waals surface area contributed by atoms with Crippen LogP contribution in [0.5, 0.6) is 0 Å². The van der Waals surface area contributed by atoms with Gasteiger partial charge in [-0.25, -0.2) is 13.2 Å². The molecule has 0 fully saturated rings. The van der Waals surface area contributed by atoms with Gasteiger partial charge in [-0.15, -0.1) is 0 Å². The van der Waals surface area contributed by atoms with E-state index in [1.165, 1.54) is 0 Å². The first-order chi connectivity index (χ1) is 9.95. The van der Waals surface area contributed by atoms with Crippen LogP contribution in [0.15, 0.2) is 52.2 Å². The molecule has 21 heavy (non-hydrogen) atoms. The summed E-state index contributed by atoms with van der Waals surface area (Å²) in [5.41, 5.74) is 1.90. The van der Waals surface area contributed by atoms with Crippen LogP contribution in [0.2, 0.25) is 0 Å². The molecule has 0 aliphatic heterocycles. The Morgan fingerprint density at radius 2 is 1.71 bits per heavy atom. The minimum absolute atomic E-state index is 0.229. The van der Waals surface area contributed by atoms with Crippen molar-refractivity contribution in [2.24, 2.45) is 0 Å². The molecule has 3 aromatic rings. The summed E-state index contributed by atoms with van der Waals surface area (Å²) in [6.07, 6.45) is 0. The van der Waals surface area contributed by atoms with E-state index in [1.807, 2.05) is 0 Å². The maximum Gasteiger partial charge on any atom is 0.323 e. The molecule has 2 aromatic carbocycles. The number of fused-ring (bicyclic) bond motifs is 1. The molecular formula is C14H13N3O3S. The highest BCUT2D eigenvalue weighted by molar-refractivity contribution is 7.92. The summed E-state index contributed by atoms with van der Waals surface area (Å²) < 4.78 is 27.3. The molecule has 0 aliphatic carbocycles. The molecule has 0 saturated carbocycles. The van der Waals surface area contributed by atoms with Gasteiger partial charge in [-0.1, -0.05) is 18.2 Å². The maximum atomic E-state index is 12.4. The third-order valence-corrected chi connectivity index (χ3v) is 4.69. The van der Waals surface area contributed by atoms with Gasteiger partial charge in [0.1, 0.15) is 0 Å². The van der Waals surface area contributed by atoms with Gasteiger partial charge in [-0.05, 0) is 36.8 Å². The van der Waals surface area contributed by atoms with Gasteiger partial charge in [0.05, 0.1) is 21.6 Å². The normalized spacial score (nSPS) is 11.7. The highest BCUT2D eigenvalue weighted by Crippen LogP contribution is 2.21. The van der Waals surface area contributed by atoms with Crippen molar-refractivity contribution in [2.45, 2.75) is 11.8 Å². The van der Waals surface area contributed by atoms with Gasteiger partial charge in [0, 0.05) is 0 Å². The molecule has 3 rings (SSSR count). The van der Waals surface area contributed by atoms with Crippen molar-refractivity contribution >= 4 is 26.7 Å². The van der Waals surface area contributed by atoms with Crippen LogP contribution in [0.25, 0.3) is 11.0 Å². The Hall–Kier alpha value is -2.54. The zero-order valence-electron chi connectivity index (χ0n) is 11.2. The van der Waals surface area contributed by atoms with Gasteiger partial charge in [0.15, 0.2) is 0 Å². The molecule has 0 bridgehead atoms. The van der Waals surface area contributed by atoms with Crippen LogP contribution in [0.3, 0.4) is 0 Å². The van der Waals surface area contributed by atoms with Crippen LogP contribution < -0.4 is 10.4 Å². The maximum absolute atomic E-state index is 12.4. The van der Waals surface area contributed by atoms with Crippen molar-refractivity contribution in [3.05, 3.63) is 58.5 Å². The number of aromatic amines is 2. The first kappa shape index (κ1) is 13.4. The highest BCUT2D eigenvalue weighted by atomic mass is 32.2. The number of rotatable bonds is 3. The topological polar surface area (TPSA) is 94.8 Å². The molecule has 0 atom stereocenters. The van der Waals surface area contributed by atoms with Crippen LogP contribution in [0.4, 0.5) is 5.69 Å². The Balaban J connectivity index is 2.01. The summed E-state index contributed by atoms with van der Waals surface area (Å²) in [6, 6.07) is 11.6. The minimum Gasteiger partial charge on any atom is -0.306 e. The lowest BCUT2D eigenvalue weighted by Gasteiger charge is -2.10. The number of H-pyrrole nitrogens is 2. The van der Waals surface area contributed by atoms with Crippen molar-refractivity contribution < 1.29 is 8.42 Å². The second kappa shape index (κ2) is 4.78. The van der Waals surface area contributed by atoms with Crippen LogP contribution in [-0.2, 0) is 10.0 Å². The second-order valence-electron chi connectivity index (χ2n) is 4.71. The fourth-order valence-corrected chi connectivity index (χ4v) is 3.46. The first-order valence-electron chi connectivity index (χ1n) is 6.26. The van der Waals surface area contributed by atoms with E-state index in [9.17, 15) is 13.2 Å². The van der Waals surface area contributed by atoms with Gasteiger partial charge in [-0.2, -0.15) is 0 Å². The zero-order valence-corrected chi connectivity index (χ0v) is 12.0. The molecule has 1 aromatic heterocycles. The molecule has 108 valence electrons. The number of nitrogens with one attached hydrogen (secondary N) is 3. The molecule has 6 nitrogen and oxygen atoms in total. The van der Waals surface area contributed by atoms with Crippen molar-refractivity contribution in [2.75, 3.05) is 4.72 Å². The average molecular weight is 303 g/mol. The number of anilines is 1. The van der Waals surface area contributed by atoms with Crippen LogP contribution in [0.1, 0.15) is 5.56 Å². The first-order valence-corrected chi connectivity index (χ1v) is 7.74. The Bertz CT molecular complexity index is 970. The Labute approximate surface area is 120 Å². The largest absolute Gasteiger partial charge is 0.323 e. The predicted octanol–water partition coefficient (Wildman–Crippen LogP) is 1.97. The average Bonchev–Trinajstić information content (AvgIpc) is 2.78. The number of imidazole rings is 1. The molecule has 0 amide bonds. The summed E-state index contributed by atoms with van der Waals surface area (Å²) >= 11 is 0. The standard InChI is InChI=1S/C14H13N3O3S/c1-9-4-2-3-5-13(9)21(19,20)17-10-6-7-11-12(8-10)16-14(18)15-11/h2-8,17H,1H3,(H2,15,16,18). The molecule has 0 radical (unpaired) electrons. The fourth-order valence-electron chi connectivity index (χ4n) is 2.16. The van der Waals surface area contributed by atoms with Crippen molar-refractivity contribution in [3.8, 4) is 0 Å². The molecular weight excluding hydrogens is 290 g/mol. The zero-order chi connectivity index (χ0) is 15.0. The number of hydrogen-bond acceptors (Lipinski definition) is 3. The van der Waals surface area contributed by atoms with E-state index in [0.717, 1.165) is 0 Å². The van der Waals surface area contributed by atoms with E-state index >= 15 is 0 Å². The van der Waals surface area contributed by atoms with Crippen LogP contribution in [-0.4, -0.2) is 18.4 Å². The van der Waals surface area contributed by atoms with Crippen molar-refractivity contribution in [3.63, 3.8) is 0 Å². The molecule has 3 N–H and O–H groups in total. The van der Waals surface area contributed by atoms with Crippen LogP contribution >= 0.6 is 0 Å². The summed E-state index contributed by atoms with van der Waals surface area (Å²) in [5, 5.41) is 0. The number of hydrogen-bond donors (Lipinski definition) is 3. The monoisotopic (exact) mass is 303 g/mol. The van der Waals surface area contributed by atoms with E-state index < -0.39 is 10.0 Å². The van der Waals surface area contributed by atoms with Crippen LogP contribution in [0, 0.1) is 6.92 Å². The van der Waals surface area contributed by atoms with E-state index in [0.29, 0.717) is 22.3 Å². The summed E-state index contributed by atoms with van der Waals surface area (Å²) in [6.45, 7) is 1.74. The molecule has 0 saturated heterocycles. The Morgan fingerprint density at radius 3 is 2.48 bits per heavy atom. The van der Waals surface area contributed by atoms with Gasteiger partial charge in [-0.3, -0.25) is 4.72 Å². The SMILES string of the molecule is Cc1ccccc1S(=O)(=O)Nc1ccc2[nH]c(=O)[nH]c2c1. The molecule has 7 heteroatoms. The lowest BCUT2D eigenvalue weighted by molar-refractivity contribution is 0.600. The predicted molar refractivity (Wildman–Crippen MR) is 80.9 cm³/mol. The Kier molecular flexibility index (Phi) is 3.06. The number of aryl methyl sites for hydroxylation is 1. The highest BCUT2D eigenvalue weighted by Gasteiger charge is 2.16. The summed E-state index contributed by atoms with van der Waals surface area (Å²) in [5.74, 6) is 0. The lowest BCUT2D eigenvalue weighted by atomic mass is 10.2. The number of aromatic nitrogens is 2. The summed E-state index contributed by atoms with van der Waals surface area (Å²) in [7, 11) is -3.66. The van der Waals surface area contributed by atoms with Gasteiger partial charge in [0.2, 0.25) is 0 Å². The number of benzene rings is 2. The van der Waals surface area contributed by atoms with Gasteiger partial charge in [0.25, 0.3) is 10.0 Å². The minimum atomic E-state index is -3.66. The van der Waals surface area contributed by atoms with E-state index in [-0.39, 0.29) is 10.6 Å². The quantitative estimate of drug-likeness (QED) is 0.690. The molecule has 0 spiro atoms. The van der Waals surface area contributed by atoms with Gasteiger partial charge >= 0.3 is 5.69 Å². The van der Waals surface area contributed by atoms with Crippen molar-refractivity contribution in [1.82, 2.24) is 9.97 Å². The third-order valence-electron chi connectivity index (χ3n) is 3.15. The van der Waals surface area contributed by atoms with E-state index in [2.05, 4.69) is 14.7 Å². The number of sulfonamides is 1. The molecule has 1 heterocycles. The molecule has 0 unspecified atom stereocenters. The van der Waals surface area contributed by atoms with Gasteiger partial charge < -0.3 is 9.97 Å². The molecule has 0 aliphatic rings. The second-order valence-corrected chi connectivity index (χ2v) is 6.36. The Morgan fingerprint density at radius 1 is 1.00 bits per heavy atom. The third kappa shape index (κ3) is 2.55. The smallest absolute Gasteiger partial charge is 0.306 e.